The number of para-hydroxylation sites is 1. The zero-order valence-corrected chi connectivity index (χ0v) is 9.05. The highest BCUT2D eigenvalue weighted by Crippen LogP contribution is 2.03. The van der Waals surface area contributed by atoms with Gasteiger partial charge < -0.3 is 10.6 Å². The van der Waals surface area contributed by atoms with Crippen LogP contribution in [0.15, 0.2) is 41.9 Å². The highest BCUT2D eigenvalue weighted by Gasteiger charge is 2.00. The van der Waals surface area contributed by atoms with Crippen LogP contribution in [0.25, 0.3) is 0 Å². The smallest absolute Gasteiger partial charge is 0.238 e. The summed E-state index contributed by atoms with van der Waals surface area (Å²) in [6.07, 6.45) is 0. The summed E-state index contributed by atoms with van der Waals surface area (Å²) in [6.45, 7) is 4.16. The molecule has 1 rings (SSSR count). The van der Waals surface area contributed by atoms with Crippen LogP contribution >= 0.6 is 11.6 Å². The van der Waals surface area contributed by atoms with Crippen molar-refractivity contribution in [1.29, 1.82) is 0 Å². The molecule has 0 radical (unpaired) electrons. The second-order valence-corrected chi connectivity index (χ2v) is 3.57. The van der Waals surface area contributed by atoms with Crippen molar-refractivity contribution < 1.29 is 4.79 Å². The SMILES string of the molecule is C=C(Cl)CNCC(=O)Nc1ccccc1. The van der Waals surface area contributed by atoms with Gasteiger partial charge in [-0.05, 0) is 12.1 Å². The number of carbonyl (C=O) groups is 1. The van der Waals surface area contributed by atoms with Gasteiger partial charge in [0.2, 0.25) is 5.91 Å². The first-order valence-electron chi connectivity index (χ1n) is 4.57. The molecule has 3 nitrogen and oxygen atoms in total. The zero-order chi connectivity index (χ0) is 11.1. The van der Waals surface area contributed by atoms with Gasteiger partial charge in [-0.15, -0.1) is 0 Å². The van der Waals surface area contributed by atoms with Crippen LogP contribution in [0, 0.1) is 0 Å². The molecule has 0 aromatic heterocycles. The Kier molecular flexibility index (Phi) is 4.87. The summed E-state index contributed by atoms with van der Waals surface area (Å²) in [5, 5.41) is 6.09. The molecule has 4 heteroatoms. The lowest BCUT2D eigenvalue weighted by molar-refractivity contribution is -0.115. The monoisotopic (exact) mass is 224 g/mol. The maximum Gasteiger partial charge on any atom is 0.238 e. The topological polar surface area (TPSA) is 41.1 Å². The second kappa shape index (κ2) is 6.22. The van der Waals surface area contributed by atoms with Crippen molar-refractivity contribution in [2.75, 3.05) is 18.4 Å². The number of rotatable bonds is 5. The molecule has 1 aromatic rings. The van der Waals surface area contributed by atoms with Gasteiger partial charge in [0, 0.05) is 17.3 Å². The Bertz CT molecular complexity index is 338. The van der Waals surface area contributed by atoms with Gasteiger partial charge in [0.15, 0.2) is 0 Å². The van der Waals surface area contributed by atoms with Crippen molar-refractivity contribution in [1.82, 2.24) is 5.32 Å². The van der Waals surface area contributed by atoms with Crippen LogP contribution in [-0.4, -0.2) is 19.0 Å². The highest BCUT2D eigenvalue weighted by molar-refractivity contribution is 6.29. The molecule has 80 valence electrons. The van der Waals surface area contributed by atoms with Crippen LogP contribution in [-0.2, 0) is 4.79 Å². The van der Waals surface area contributed by atoms with E-state index in [1.165, 1.54) is 0 Å². The number of nitrogens with one attached hydrogen (secondary N) is 2. The molecule has 0 atom stereocenters. The van der Waals surface area contributed by atoms with E-state index in [2.05, 4.69) is 17.2 Å². The van der Waals surface area contributed by atoms with E-state index in [0.29, 0.717) is 11.6 Å². The van der Waals surface area contributed by atoms with Crippen LogP contribution in [0.2, 0.25) is 0 Å². The largest absolute Gasteiger partial charge is 0.325 e. The molecule has 0 aliphatic heterocycles. The van der Waals surface area contributed by atoms with E-state index in [1.54, 1.807) is 0 Å². The molecule has 0 saturated heterocycles. The minimum absolute atomic E-state index is 0.0980. The predicted molar refractivity (Wildman–Crippen MR) is 62.9 cm³/mol. The fourth-order valence-corrected chi connectivity index (χ4v) is 1.13. The summed E-state index contributed by atoms with van der Waals surface area (Å²) in [6, 6.07) is 9.29. The van der Waals surface area contributed by atoms with E-state index < -0.39 is 0 Å². The Balaban J connectivity index is 2.28. The molecule has 2 N–H and O–H groups in total. The van der Waals surface area contributed by atoms with E-state index in [-0.39, 0.29) is 12.5 Å². The normalized spacial score (nSPS) is 9.67. The molecular weight excluding hydrogens is 212 g/mol. The summed E-state index contributed by atoms with van der Waals surface area (Å²) in [5.41, 5.74) is 0.786. The van der Waals surface area contributed by atoms with E-state index in [4.69, 9.17) is 11.6 Å². The molecule has 0 spiro atoms. The van der Waals surface area contributed by atoms with Crippen molar-refractivity contribution in [2.45, 2.75) is 0 Å². The van der Waals surface area contributed by atoms with Crippen molar-refractivity contribution in [3.63, 3.8) is 0 Å². The Labute approximate surface area is 94.1 Å². The van der Waals surface area contributed by atoms with Crippen molar-refractivity contribution in [3.05, 3.63) is 41.9 Å². The highest BCUT2D eigenvalue weighted by atomic mass is 35.5. The molecular formula is C11H13ClN2O. The fourth-order valence-electron chi connectivity index (χ4n) is 1.04. The summed E-state index contributed by atoms with van der Waals surface area (Å²) >= 11 is 5.53. The number of hydrogen-bond donors (Lipinski definition) is 2. The Morgan fingerprint density at radius 3 is 2.53 bits per heavy atom. The maximum absolute atomic E-state index is 11.3. The summed E-state index contributed by atoms with van der Waals surface area (Å²) in [4.78, 5) is 11.3. The number of halogens is 1. The first-order chi connectivity index (χ1) is 7.18. The van der Waals surface area contributed by atoms with Crippen molar-refractivity contribution >= 4 is 23.2 Å². The van der Waals surface area contributed by atoms with Gasteiger partial charge in [0.25, 0.3) is 0 Å². The van der Waals surface area contributed by atoms with Gasteiger partial charge in [0.1, 0.15) is 0 Å². The molecule has 0 bridgehead atoms. The lowest BCUT2D eigenvalue weighted by atomic mass is 10.3. The van der Waals surface area contributed by atoms with E-state index in [1.807, 2.05) is 30.3 Å². The van der Waals surface area contributed by atoms with Gasteiger partial charge in [-0.2, -0.15) is 0 Å². The van der Waals surface area contributed by atoms with Crippen LogP contribution in [0.3, 0.4) is 0 Å². The average molecular weight is 225 g/mol. The molecule has 0 aliphatic carbocycles. The molecule has 15 heavy (non-hydrogen) atoms. The lowest BCUT2D eigenvalue weighted by Crippen LogP contribution is -2.28. The Morgan fingerprint density at radius 1 is 1.27 bits per heavy atom. The van der Waals surface area contributed by atoms with E-state index >= 15 is 0 Å². The number of anilines is 1. The molecule has 0 unspecified atom stereocenters. The van der Waals surface area contributed by atoms with Gasteiger partial charge in [-0.3, -0.25) is 4.79 Å². The van der Waals surface area contributed by atoms with Crippen molar-refractivity contribution in [3.8, 4) is 0 Å². The number of hydrogen-bond acceptors (Lipinski definition) is 2. The standard InChI is InChI=1S/C11H13ClN2O/c1-9(12)7-13-8-11(15)14-10-5-3-2-4-6-10/h2-6,13H,1,7-8H2,(H,14,15). The maximum atomic E-state index is 11.3. The minimum Gasteiger partial charge on any atom is -0.325 e. The third kappa shape index (κ3) is 5.20. The van der Waals surface area contributed by atoms with Gasteiger partial charge in [-0.25, -0.2) is 0 Å². The Hall–Kier alpha value is -1.32. The van der Waals surface area contributed by atoms with Crippen LogP contribution in [0.5, 0.6) is 0 Å². The average Bonchev–Trinajstić information content (AvgIpc) is 2.18. The molecule has 1 amide bonds. The molecule has 0 heterocycles. The summed E-state index contributed by atoms with van der Waals surface area (Å²) < 4.78 is 0. The van der Waals surface area contributed by atoms with Gasteiger partial charge >= 0.3 is 0 Å². The van der Waals surface area contributed by atoms with E-state index in [0.717, 1.165) is 5.69 Å². The van der Waals surface area contributed by atoms with Crippen LogP contribution in [0.4, 0.5) is 5.69 Å². The van der Waals surface area contributed by atoms with Crippen LogP contribution < -0.4 is 10.6 Å². The van der Waals surface area contributed by atoms with Gasteiger partial charge in [0.05, 0.1) is 6.54 Å². The number of carbonyl (C=O) groups excluding carboxylic acids is 1. The molecule has 1 aromatic carbocycles. The first-order valence-corrected chi connectivity index (χ1v) is 4.95. The predicted octanol–water partition coefficient (Wildman–Crippen LogP) is 1.97. The van der Waals surface area contributed by atoms with Crippen LogP contribution in [0.1, 0.15) is 0 Å². The molecule has 0 aliphatic rings. The lowest BCUT2D eigenvalue weighted by Gasteiger charge is -2.05. The van der Waals surface area contributed by atoms with E-state index in [9.17, 15) is 4.79 Å². The Morgan fingerprint density at radius 2 is 1.93 bits per heavy atom. The third-order valence-corrected chi connectivity index (χ3v) is 1.79. The fraction of sp³-hybridized carbons (Fsp3) is 0.182. The minimum atomic E-state index is -0.0980. The quantitative estimate of drug-likeness (QED) is 0.803. The summed E-state index contributed by atoms with van der Waals surface area (Å²) in [5.74, 6) is -0.0980. The summed E-state index contributed by atoms with van der Waals surface area (Å²) in [7, 11) is 0. The van der Waals surface area contributed by atoms with Gasteiger partial charge in [-0.1, -0.05) is 36.4 Å². The first kappa shape index (κ1) is 11.8. The number of amides is 1. The number of benzene rings is 1. The second-order valence-electron chi connectivity index (χ2n) is 3.04. The third-order valence-electron chi connectivity index (χ3n) is 1.66. The molecule has 0 fully saturated rings. The zero-order valence-electron chi connectivity index (χ0n) is 8.29. The van der Waals surface area contributed by atoms with Crippen molar-refractivity contribution in [2.24, 2.45) is 0 Å². The molecule has 0 saturated carbocycles.